The van der Waals surface area contributed by atoms with Gasteiger partial charge in [0.05, 0.1) is 11.5 Å². The van der Waals surface area contributed by atoms with E-state index in [9.17, 15) is 8.42 Å². The summed E-state index contributed by atoms with van der Waals surface area (Å²) in [5.74, 6) is 0.896. The lowest BCUT2D eigenvalue weighted by atomic mass is 9.93. The van der Waals surface area contributed by atoms with E-state index in [1.54, 1.807) is 6.20 Å². The number of rotatable bonds is 5. The molecule has 0 saturated carbocycles. The Hall–Kier alpha value is -0.940. The van der Waals surface area contributed by atoms with E-state index in [0.717, 1.165) is 24.9 Å². The summed E-state index contributed by atoms with van der Waals surface area (Å²) in [5.41, 5.74) is 1.16. The smallest absolute Gasteiger partial charge is 0.150 e. The number of nitrogens with zero attached hydrogens (tertiary/aromatic N) is 1. The number of pyridine rings is 1. The fourth-order valence-electron chi connectivity index (χ4n) is 2.58. The summed E-state index contributed by atoms with van der Waals surface area (Å²) in [4.78, 5) is 4.11. The highest BCUT2D eigenvalue weighted by Gasteiger charge is 2.33. The molecule has 1 aliphatic rings. The molecule has 2 rings (SSSR count). The van der Waals surface area contributed by atoms with Crippen molar-refractivity contribution >= 4 is 9.84 Å². The molecule has 2 atom stereocenters. The van der Waals surface area contributed by atoms with E-state index >= 15 is 0 Å². The second-order valence-corrected chi connectivity index (χ2v) is 7.12. The lowest BCUT2D eigenvalue weighted by Crippen LogP contribution is -2.38. The highest BCUT2D eigenvalue weighted by atomic mass is 32.2. The van der Waals surface area contributed by atoms with Crippen LogP contribution < -0.4 is 5.32 Å². The number of likely N-dealkylation sites (N-methyl/N-ethyl adjacent to an activating group) is 1. The van der Waals surface area contributed by atoms with Gasteiger partial charge in [-0.05, 0) is 36.9 Å². The zero-order valence-corrected chi connectivity index (χ0v) is 11.5. The van der Waals surface area contributed by atoms with Gasteiger partial charge in [-0.3, -0.25) is 4.98 Å². The molecule has 2 heterocycles. The quantitative estimate of drug-likeness (QED) is 0.867. The van der Waals surface area contributed by atoms with Crippen molar-refractivity contribution < 1.29 is 8.42 Å². The first-order valence-corrected chi connectivity index (χ1v) is 8.25. The van der Waals surface area contributed by atoms with Gasteiger partial charge >= 0.3 is 0 Å². The van der Waals surface area contributed by atoms with Gasteiger partial charge in [-0.1, -0.05) is 13.0 Å². The third kappa shape index (κ3) is 3.53. The first-order valence-electron chi connectivity index (χ1n) is 6.43. The van der Waals surface area contributed by atoms with Gasteiger partial charge in [0.1, 0.15) is 0 Å². The lowest BCUT2D eigenvalue weighted by molar-refractivity contribution is 0.386. The fraction of sp³-hybridized carbons (Fsp3) is 0.615. The second kappa shape index (κ2) is 5.80. The van der Waals surface area contributed by atoms with Gasteiger partial charge in [0.25, 0.3) is 0 Å². The Morgan fingerprint density at radius 3 is 2.94 bits per heavy atom. The molecular formula is C13H20N2O2S. The van der Waals surface area contributed by atoms with Crippen LogP contribution in [0, 0.1) is 5.92 Å². The van der Waals surface area contributed by atoms with Crippen LogP contribution in [0.15, 0.2) is 24.5 Å². The zero-order valence-electron chi connectivity index (χ0n) is 10.7. The number of sulfone groups is 1. The molecule has 18 heavy (non-hydrogen) atoms. The Morgan fingerprint density at radius 2 is 2.39 bits per heavy atom. The van der Waals surface area contributed by atoms with Crippen molar-refractivity contribution in [1.29, 1.82) is 0 Å². The molecule has 0 aliphatic carbocycles. The largest absolute Gasteiger partial charge is 0.314 e. The molecule has 0 amide bonds. The summed E-state index contributed by atoms with van der Waals surface area (Å²) in [6.07, 6.45) is 5.24. The SMILES string of the molecule is CCNC(Cc1cccnc1)C1CCS(=O)(=O)C1. The van der Waals surface area contributed by atoms with E-state index in [1.807, 2.05) is 18.3 Å². The minimum atomic E-state index is -2.81. The summed E-state index contributed by atoms with van der Waals surface area (Å²) in [7, 11) is -2.81. The molecule has 0 bridgehead atoms. The molecule has 0 aromatic carbocycles. The van der Waals surface area contributed by atoms with Gasteiger partial charge in [0, 0.05) is 18.4 Å². The molecule has 100 valence electrons. The van der Waals surface area contributed by atoms with Gasteiger partial charge in [0.2, 0.25) is 0 Å². The monoisotopic (exact) mass is 268 g/mol. The van der Waals surface area contributed by atoms with Gasteiger partial charge in [-0.25, -0.2) is 8.42 Å². The Kier molecular flexibility index (Phi) is 4.35. The maximum Gasteiger partial charge on any atom is 0.150 e. The van der Waals surface area contributed by atoms with Crippen LogP contribution >= 0.6 is 0 Å². The van der Waals surface area contributed by atoms with Crippen LogP contribution in [0.5, 0.6) is 0 Å². The molecule has 1 N–H and O–H groups in total. The van der Waals surface area contributed by atoms with E-state index in [1.165, 1.54) is 0 Å². The highest BCUT2D eigenvalue weighted by molar-refractivity contribution is 7.91. The summed E-state index contributed by atoms with van der Waals surface area (Å²) in [6, 6.07) is 4.20. The molecule has 5 heteroatoms. The fourth-order valence-corrected chi connectivity index (χ4v) is 4.46. The van der Waals surface area contributed by atoms with E-state index in [-0.39, 0.29) is 12.0 Å². The number of aromatic nitrogens is 1. The minimum Gasteiger partial charge on any atom is -0.314 e. The van der Waals surface area contributed by atoms with Gasteiger partial charge < -0.3 is 5.32 Å². The molecular weight excluding hydrogens is 248 g/mol. The van der Waals surface area contributed by atoms with Crippen molar-refractivity contribution in [2.24, 2.45) is 5.92 Å². The first kappa shape index (κ1) is 13.5. The van der Waals surface area contributed by atoms with Crippen LogP contribution in [0.3, 0.4) is 0 Å². The maximum atomic E-state index is 11.6. The molecule has 4 nitrogen and oxygen atoms in total. The number of hydrogen-bond acceptors (Lipinski definition) is 4. The number of nitrogens with one attached hydrogen (secondary N) is 1. The van der Waals surface area contributed by atoms with E-state index in [4.69, 9.17) is 0 Å². The van der Waals surface area contributed by atoms with Crippen molar-refractivity contribution in [3.63, 3.8) is 0 Å². The third-order valence-corrected chi connectivity index (χ3v) is 5.28. The molecule has 1 aliphatic heterocycles. The predicted molar refractivity (Wildman–Crippen MR) is 72.2 cm³/mol. The molecule has 0 spiro atoms. The Balaban J connectivity index is 2.05. The standard InChI is InChI=1S/C13H20N2O2S/c1-2-15-13(8-11-4-3-6-14-9-11)12-5-7-18(16,17)10-12/h3-4,6,9,12-13,15H,2,5,7-8,10H2,1H3. The van der Waals surface area contributed by atoms with E-state index < -0.39 is 9.84 Å². The molecule has 1 fully saturated rings. The zero-order chi connectivity index (χ0) is 13.0. The summed E-state index contributed by atoms with van der Waals surface area (Å²) >= 11 is 0. The van der Waals surface area contributed by atoms with Crippen molar-refractivity contribution in [2.45, 2.75) is 25.8 Å². The molecule has 1 saturated heterocycles. The van der Waals surface area contributed by atoms with Crippen LogP contribution in [0.25, 0.3) is 0 Å². The summed E-state index contributed by atoms with van der Waals surface area (Å²) < 4.78 is 23.1. The Labute approximate surface area is 109 Å². The van der Waals surface area contributed by atoms with Crippen LogP contribution in [-0.4, -0.2) is 37.5 Å². The summed E-state index contributed by atoms with van der Waals surface area (Å²) in [6.45, 7) is 2.92. The van der Waals surface area contributed by atoms with Crippen molar-refractivity contribution in [2.75, 3.05) is 18.1 Å². The Morgan fingerprint density at radius 1 is 1.56 bits per heavy atom. The molecule has 1 aromatic heterocycles. The maximum absolute atomic E-state index is 11.6. The van der Waals surface area contributed by atoms with Crippen LogP contribution in [0.2, 0.25) is 0 Å². The van der Waals surface area contributed by atoms with Gasteiger partial charge in [-0.2, -0.15) is 0 Å². The molecule has 1 aromatic rings. The minimum absolute atomic E-state index is 0.232. The van der Waals surface area contributed by atoms with Gasteiger partial charge in [-0.15, -0.1) is 0 Å². The van der Waals surface area contributed by atoms with E-state index in [0.29, 0.717) is 11.5 Å². The number of hydrogen-bond donors (Lipinski definition) is 1. The topological polar surface area (TPSA) is 59.1 Å². The van der Waals surface area contributed by atoms with Crippen molar-refractivity contribution in [3.05, 3.63) is 30.1 Å². The molecule has 2 unspecified atom stereocenters. The van der Waals surface area contributed by atoms with Crippen molar-refractivity contribution in [1.82, 2.24) is 10.3 Å². The van der Waals surface area contributed by atoms with Crippen LogP contribution in [-0.2, 0) is 16.3 Å². The first-order chi connectivity index (χ1) is 8.61. The average Bonchev–Trinajstić information content (AvgIpc) is 2.70. The predicted octanol–water partition coefficient (Wildman–Crippen LogP) is 1.04. The van der Waals surface area contributed by atoms with Crippen molar-refractivity contribution in [3.8, 4) is 0 Å². The Bertz CT molecular complexity index is 473. The normalized spacial score (nSPS) is 23.9. The lowest BCUT2D eigenvalue weighted by Gasteiger charge is -2.23. The van der Waals surface area contributed by atoms with Crippen LogP contribution in [0.1, 0.15) is 18.9 Å². The van der Waals surface area contributed by atoms with Gasteiger partial charge in [0.15, 0.2) is 9.84 Å². The average molecular weight is 268 g/mol. The van der Waals surface area contributed by atoms with Crippen LogP contribution in [0.4, 0.5) is 0 Å². The molecule has 0 radical (unpaired) electrons. The third-order valence-electron chi connectivity index (χ3n) is 3.48. The summed E-state index contributed by atoms with van der Waals surface area (Å²) in [5, 5.41) is 3.42. The highest BCUT2D eigenvalue weighted by Crippen LogP contribution is 2.23. The van der Waals surface area contributed by atoms with E-state index in [2.05, 4.69) is 17.2 Å². The second-order valence-electron chi connectivity index (χ2n) is 4.89.